The Morgan fingerprint density at radius 2 is 2.03 bits per heavy atom. The Labute approximate surface area is 169 Å². The van der Waals surface area contributed by atoms with E-state index in [2.05, 4.69) is 17.1 Å². The van der Waals surface area contributed by atoms with Crippen LogP contribution in [0.25, 0.3) is 10.9 Å². The fourth-order valence-electron chi connectivity index (χ4n) is 4.10. The second kappa shape index (κ2) is 7.37. The number of hydrogen-bond donors (Lipinski definition) is 1. The number of rotatable bonds is 4. The van der Waals surface area contributed by atoms with Gasteiger partial charge in [-0.15, -0.1) is 0 Å². The van der Waals surface area contributed by atoms with Gasteiger partial charge < -0.3 is 14.8 Å². The summed E-state index contributed by atoms with van der Waals surface area (Å²) in [5.41, 5.74) is 4.71. The number of ether oxygens (including phenoxy) is 2. The van der Waals surface area contributed by atoms with Crippen molar-refractivity contribution in [2.45, 2.75) is 26.4 Å². The lowest BCUT2D eigenvalue weighted by atomic mass is 9.95. The average Bonchev–Trinajstić information content (AvgIpc) is 3.23. The first-order valence-electron chi connectivity index (χ1n) is 10.0. The number of carbonyl (C=O) groups is 1. The molecule has 3 heterocycles. The van der Waals surface area contributed by atoms with Crippen LogP contribution < -0.4 is 14.8 Å². The molecular weight excluding hydrogens is 366 g/mol. The molecule has 0 spiro atoms. The van der Waals surface area contributed by atoms with Crippen LogP contribution in [0.15, 0.2) is 42.5 Å². The zero-order chi connectivity index (χ0) is 19.8. The third kappa shape index (κ3) is 3.29. The zero-order valence-corrected chi connectivity index (χ0v) is 16.4. The van der Waals surface area contributed by atoms with Gasteiger partial charge in [-0.2, -0.15) is 0 Å². The van der Waals surface area contributed by atoms with E-state index in [1.54, 1.807) is 0 Å². The fourth-order valence-corrected chi connectivity index (χ4v) is 4.10. The van der Waals surface area contributed by atoms with Crippen molar-refractivity contribution in [2.75, 3.05) is 19.9 Å². The minimum Gasteiger partial charge on any atom is -0.454 e. The van der Waals surface area contributed by atoms with Gasteiger partial charge in [-0.3, -0.25) is 14.7 Å². The van der Waals surface area contributed by atoms with Gasteiger partial charge in [-0.05, 0) is 30.3 Å². The highest BCUT2D eigenvalue weighted by Gasteiger charge is 2.25. The van der Waals surface area contributed by atoms with Crippen LogP contribution in [0.2, 0.25) is 0 Å². The van der Waals surface area contributed by atoms with Crippen LogP contribution in [0.4, 0.5) is 0 Å². The number of aromatic nitrogens is 1. The predicted octanol–water partition coefficient (Wildman–Crippen LogP) is 3.27. The first-order valence-corrected chi connectivity index (χ1v) is 10.0. The number of nitrogens with zero attached hydrogens (tertiary/aromatic N) is 2. The summed E-state index contributed by atoms with van der Waals surface area (Å²) in [5.74, 6) is 1.41. The van der Waals surface area contributed by atoms with Crippen LogP contribution in [0.3, 0.4) is 0 Å². The van der Waals surface area contributed by atoms with E-state index in [1.807, 2.05) is 42.5 Å². The maximum absolute atomic E-state index is 13.3. The summed E-state index contributed by atoms with van der Waals surface area (Å²) in [6.07, 6.45) is 0.871. The standard InChI is InChI=1S/C23H23N3O3/c1-2-26-10-9-19-17(13-26)22(16-5-3-4-6-18(16)25-19)23(27)24-12-15-7-8-20-21(11-15)29-14-28-20/h3-8,11H,2,9-10,12-14H2,1H3,(H,24,27). The molecule has 0 aliphatic carbocycles. The van der Waals surface area contributed by atoms with Crippen LogP contribution in [0.5, 0.6) is 11.5 Å². The molecule has 2 aliphatic heterocycles. The minimum atomic E-state index is -0.0598. The van der Waals surface area contributed by atoms with E-state index in [4.69, 9.17) is 14.5 Å². The first-order chi connectivity index (χ1) is 14.2. The van der Waals surface area contributed by atoms with E-state index in [-0.39, 0.29) is 12.7 Å². The molecule has 1 N–H and O–H groups in total. The monoisotopic (exact) mass is 389 g/mol. The molecule has 6 heteroatoms. The van der Waals surface area contributed by atoms with E-state index >= 15 is 0 Å². The van der Waals surface area contributed by atoms with Gasteiger partial charge in [0.25, 0.3) is 5.91 Å². The number of benzene rings is 2. The number of carbonyl (C=O) groups excluding carboxylic acids is 1. The maximum atomic E-state index is 13.3. The van der Waals surface area contributed by atoms with Gasteiger partial charge in [-0.25, -0.2) is 0 Å². The van der Waals surface area contributed by atoms with Crippen LogP contribution in [0.1, 0.15) is 34.1 Å². The van der Waals surface area contributed by atoms with E-state index in [0.29, 0.717) is 6.54 Å². The van der Waals surface area contributed by atoms with E-state index in [1.165, 1.54) is 0 Å². The molecule has 0 atom stereocenters. The van der Waals surface area contributed by atoms with Crippen LogP contribution in [0, 0.1) is 0 Å². The summed E-state index contributed by atoms with van der Waals surface area (Å²) in [6.45, 7) is 5.53. The third-order valence-electron chi connectivity index (χ3n) is 5.69. The molecule has 2 aromatic carbocycles. The third-order valence-corrected chi connectivity index (χ3v) is 5.69. The van der Waals surface area contributed by atoms with E-state index < -0.39 is 0 Å². The molecule has 0 saturated carbocycles. The summed E-state index contributed by atoms with van der Waals surface area (Å²) in [7, 11) is 0. The quantitative estimate of drug-likeness (QED) is 0.742. The number of hydrogen-bond acceptors (Lipinski definition) is 5. The Kier molecular flexibility index (Phi) is 4.56. The number of likely N-dealkylation sites (N-methyl/N-ethyl adjacent to an activating group) is 1. The number of nitrogens with one attached hydrogen (secondary N) is 1. The van der Waals surface area contributed by atoms with Crippen molar-refractivity contribution in [3.63, 3.8) is 0 Å². The summed E-state index contributed by atoms with van der Waals surface area (Å²) < 4.78 is 10.8. The lowest BCUT2D eigenvalue weighted by Crippen LogP contribution is -2.34. The molecule has 1 amide bonds. The lowest BCUT2D eigenvalue weighted by Gasteiger charge is -2.29. The minimum absolute atomic E-state index is 0.0598. The van der Waals surface area contributed by atoms with Crippen LogP contribution >= 0.6 is 0 Å². The molecule has 0 unspecified atom stereocenters. The molecule has 0 fully saturated rings. The fraction of sp³-hybridized carbons (Fsp3) is 0.304. The van der Waals surface area contributed by atoms with Gasteiger partial charge in [-0.1, -0.05) is 31.2 Å². The van der Waals surface area contributed by atoms with Crippen molar-refractivity contribution < 1.29 is 14.3 Å². The van der Waals surface area contributed by atoms with E-state index in [9.17, 15) is 4.79 Å². The highest BCUT2D eigenvalue weighted by Crippen LogP contribution is 2.32. The van der Waals surface area contributed by atoms with Gasteiger partial charge in [0, 0.05) is 42.7 Å². The average molecular weight is 389 g/mol. The Morgan fingerprint density at radius 3 is 2.93 bits per heavy atom. The largest absolute Gasteiger partial charge is 0.454 e. The van der Waals surface area contributed by atoms with Crippen molar-refractivity contribution >= 4 is 16.8 Å². The van der Waals surface area contributed by atoms with Crippen LogP contribution in [-0.4, -0.2) is 35.7 Å². The predicted molar refractivity (Wildman–Crippen MR) is 110 cm³/mol. The smallest absolute Gasteiger partial charge is 0.252 e. The van der Waals surface area contributed by atoms with Crippen molar-refractivity contribution in [1.29, 1.82) is 0 Å². The summed E-state index contributed by atoms with van der Waals surface area (Å²) in [5, 5.41) is 4.01. The van der Waals surface area contributed by atoms with Crippen LogP contribution in [-0.2, 0) is 19.5 Å². The lowest BCUT2D eigenvalue weighted by molar-refractivity contribution is 0.0949. The van der Waals surface area contributed by atoms with Gasteiger partial charge >= 0.3 is 0 Å². The molecule has 29 heavy (non-hydrogen) atoms. The summed E-state index contributed by atoms with van der Waals surface area (Å²) >= 11 is 0. The SMILES string of the molecule is CCN1CCc2nc3ccccc3c(C(=O)NCc3ccc4c(c3)OCO4)c2C1. The van der Waals surface area contributed by atoms with Crippen molar-refractivity contribution in [3.05, 3.63) is 64.8 Å². The molecule has 1 aromatic heterocycles. The molecular formula is C23H23N3O3. The second-order valence-corrected chi connectivity index (χ2v) is 7.42. The van der Waals surface area contributed by atoms with Crippen molar-refractivity contribution in [2.24, 2.45) is 0 Å². The molecule has 5 rings (SSSR count). The Balaban J connectivity index is 1.47. The van der Waals surface area contributed by atoms with Gasteiger partial charge in [0.2, 0.25) is 6.79 Å². The molecule has 0 radical (unpaired) electrons. The Hall–Kier alpha value is -3.12. The highest BCUT2D eigenvalue weighted by molar-refractivity contribution is 6.07. The van der Waals surface area contributed by atoms with Crippen molar-refractivity contribution in [3.8, 4) is 11.5 Å². The summed E-state index contributed by atoms with van der Waals surface area (Å²) in [6, 6.07) is 13.7. The van der Waals surface area contributed by atoms with Gasteiger partial charge in [0.15, 0.2) is 11.5 Å². The summed E-state index contributed by atoms with van der Waals surface area (Å²) in [4.78, 5) is 20.5. The molecule has 2 aliphatic rings. The number of pyridine rings is 1. The Morgan fingerprint density at radius 1 is 1.17 bits per heavy atom. The highest BCUT2D eigenvalue weighted by atomic mass is 16.7. The zero-order valence-electron chi connectivity index (χ0n) is 16.4. The Bertz CT molecular complexity index is 1100. The number of amides is 1. The molecule has 148 valence electrons. The normalized spacial score (nSPS) is 15.3. The molecule has 0 saturated heterocycles. The molecule has 3 aromatic rings. The first kappa shape index (κ1) is 17.9. The number of para-hydroxylation sites is 1. The van der Waals surface area contributed by atoms with E-state index in [0.717, 1.165) is 70.8 Å². The number of fused-ring (bicyclic) bond motifs is 3. The second-order valence-electron chi connectivity index (χ2n) is 7.42. The van der Waals surface area contributed by atoms with Gasteiger partial charge in [0.1, 0.15) is 0 Å². The topological polar surface area (TPSA) is 63.7 Å². The van der Waals surface area contributed by atoms with Crippen molar-refractivity contribution in [1.82, 2.24) is 15.2 Å². The van der Waals surface area contributed by atoms with Gasteiger partial charge in [0.05, 0.1) is 11.1 Å². The maximum Gasteiger partial charge on any atom is 0.252 e. The molecule has 0 bridgehead atoms. The molecule has 6 nitrogen and oxygen atoms in total.